The highest BCUT2D eigenvalue weighted by Crippen LogP contribution is 2.24. The van der Waals surface area contributed by atoms with Gasteiger partial charge in [0.1, 0.15) is 0 Å². The van der Waals surface area contributed by atoms with E-state index in [1.165, 1.54) is 15.2 Å². The number of fused-ring (bicyclic) bond motifs is 1. The highest BCUT2D eigenvalue weighted by atomic mass is 32.2. The van der Waals surface area contributed by atoms with Crippen LogP contribution in [0.4, 0.5) is 0 Å². The second-order valence-corrected chi connectivity index (χ2v) is 8.73. The lowest BCUT2D eigenvalue weighted by molar-refractivity contribution is -0.115. The average molecular weight is 403 g/mol. The fourth-order valence-electron chi connectivity index (χ4n) is 2.67. The van der Waals surface area contributed by atoms with Gasteiger partial charge < -0.3 is 4.57 Å². The van der Waals surface area contributed by atoms with Gasteiger partial charge >= 0.3 is 0 Å². The number of rotatable bonds is 7. The summed E-state index contributed by atoms with van der Waals surface area (Å²) in [5, 5.41) is 0. The topological polar surface area (TPSA) is 34.4 Å². The number of hydrogen-bond donors (Lipinski definition) is 0. The lowest BCUT2D eigenvalue weighted by Crippen LogP contribution is -2.17. The number of carbonyl (C=O) groups is 1. The van der Waals surface area contributed by atoms with Crippen molar-refractivity contribution < 1.29 is 4.79 Å². The molecule has 0 N–H and O–H groups in total. The molecule has 0 spiro atoms. The van der Waals surface area contributed by atoms with Crippen molar-refractivity contribution in [3.63, 3.8) is 0 Å². The fourth-order valence-corrected chi connectivity index (χ4v) is 5.07. The summed E-state index contributed by atoms with van der Waals surface area (Å²) in [7, 11) is 0. The molecule has 0 atom stereocenters. The van der Waals surface area contributed by atoms with Gasteiger partial charge in [0.2, 0.25) is 0 Å². The zero-order valence-corrected chi connectivity index (χ0v) is 17.4. The fraction of sp³-hybridized carbons (Fsp3) is 0.300. The minimum Gasteiger partial charge on any atom is -0.316 e. The molecule has 0 aliphatic heterocycles. The molecule has 136 valence electrons. The van der Waals surface area contributed by atoms with E-state index in [0.29, 0.717) is 5.75 Å². The minimum atomic E-state index is -0.0626. The van der Waals surface area contributed by atoms with Crippen LogP contribution in [-0.2, 0) is 17.1 Å². The van der Waals surface area contributed by atoms with Crippen molar-refractivity contribution in [3.8, 4) is 0 Å². The average Bonchev–Trinajstić information content (AvgIpc) is 2.99. The molecule has 0 aliphatic rings. The second kappa shape index (κ2) is 9.44. The van der Waals surface area contributed by atoms with E-state index in [9.17, 15) is 4.79 Å². The van der Waals surface area contributed by atoms with Crippen LogP contribution >= 0.6 is 34.9 Å². The van der Waals surface area contributed by atoms with Crippen molar-refractivity contribution in [1.29, 1.82) is 0 Å². The van der Waals surface area contributed by atoms with Crippen molar-refractivity contribution in [2.75, 3.05) is 12.0 Å². The van der Waals surface area contributed by atoms with Gasteiger partial charge in [-0.2, -0.15) is 4.99 Å². The van der Waals surface area contributed by atoms with Crippen molar-refractivity contribution in [2.24, 2.45) is 4.99 Å². The predicted octanol–water partition coefficient (Wildman–Crippen LogP) is 5.20. The summed E-state index contributed by atoms with van der Waals surface area (Å²) < 4.78 is 3.36. The summed E-state index contributed by atoms with van der Waals surface area (Å²) in [6.45, 7) is 3.02. The van der Waals surface area contributed by atoms with E-state index >= 15 is 0 Å². The Kier molecular flexibility index (Phi) is 7.00. The largest absolute Gasteiger partial charge is 0.316 e. The molecule has 3 aromatic rings. The van der Waals surface area contributed by atoms with Crippen molar-refractivity contribution in [2.45, 2.75) is 30.5 Å². The summed E-state index contributed by atoms with van der Waals surface area (Å²) in [6, 6.07) is 16.7. The summed E-state index contributed by atoms with van der Waals surface area (Å²) in [5.41, 5.74) is 2.40. The molecule has 0 bridgehead atoms. The standard InChI is InChI=1S/C20H22N2OS3/c1-3-11-22-17-10-9-16(24-2)12-18(17)26-20(22)21-19(23)14-25-13-15-7-5-4-6-8-15/h4-10,12H,3,11,13-14H2,1-2H3. The van der Waals surface area contributed by atoms with E-state index < -0.39 is 0 Å². The van der Waals surface area contributed by atoms with E-state index in [1.54, 1.807) is 34.9 Å². The Morgan fingerprint density at radius 3 is 2.73 bits per heavy atom. The van der Waals surface area contributed by atoms with Crippen LogP contribution in [0, 0.1) is 0 Å². The van der Waals surface area contributed by atoms with E-state index in [0.717, 1.165) is 29.0 Å². The number of hydrogen-bond acceptors (Lipinski definition) is 4. The summed E-state index contributed by atoms with van der Waals surface area (Å²) >= 11 is 4.95. The van der Waals surface area contributed by atoms with Crippen LogP contribution in [0.25, 0.3) is 10.2 Å². The third-order valence-corrected chi connectivity index (χ3v) is 6.65. The summed E-state index contributed by atoms with van der Waals surface area (Å²) in [4.78, 5) is 18.8. The Balaban J connectivity index is 1.78. The van der Waals surface area contributed by atoms with Gasteiger partial charge in [-0.25, -0.2) is 0 Å². The van der Waals surface area contributed by atoms with Crippen LogP contribution in [0.3, 0.4) is 0 Å². The molecule has 0 radical (unpaired) electrons. The van der Waals surface area contributed by atoms with E-state index in [2.05, 4.69) is 53.1 Å². The molecule has 1 aromatic heterocycles. The lowest BCUT2D eigenvalue weighted by atomic mass is 10.2. The molecule has 0 saturated heterocycles. The van der Waals surface area contributed by atoms with Crippen molar-refractivity contribution >= 4 is 51.0 Å². The summed E-state index contributed by atoms with van der Waals surface area (Å²) in [5.74, 6) is 1.18. The van der Waals surface area contributed by atoms with Crippen molar-refractivity contribution in [3.05, 3.63) is 58.9 Å². The Labute approximate surface area is 166 Å². The normalized spacial score (nSPS) is 12.0. The monoisotopic (exact) mass is 402 g/mol. The van der Waals surface area contributed by atoms with E-state index in [4.69, 9.17) is 0 Å². The maximum Gasteiger partial charge on any atom is 0.258 e. The molecule has 2 aromatic carbocycles. The SMILES string of the molecule is CCCn1c(=NC(=O)CSCc2ccccc2)sc2cc(SC)ccc21. The van der Waals surface area contributed by atoms with Crippen molar-refractivity contribution in [1.82, 2.24) is 4.57 Å². The first kappa shape index (κ1) is 19.3. The zero-order valence-electron chi connectivity index (χ0n) is 15.0. The number of aromatic nitrogens is 1. The Hall–Kier alpha value is -1.50. The van der Waals surface area contributed by atoms with E-state index in [-0.39, 0.29) is 5.91 Å². The molecule has 3 rings (SSSR count). The first-order valence-corrected chi connectivity index (χ1v) is 11.8. The number of benzene rings is 2. The van der Waals surface area contributed by atoms with Gasteiger partial charge in [0.25, 0.3) is 5.91 Å². The maximum absolute atomic E-state index is 12.4. The van der Waals surface area contributed by atoms with Crippen LogP contribution in [0.1, 0.15) is 18.9 Å². The number of carbonyl (C=O) groups excluding carboxylic acids is 1. The van der Waals surface area contributed by atoms with Gasteiger partial charge in [-0.05, 0) is 36.4 Å². The molecule has 1 heterocycles. The van der Waals surface area contributed by atoms with Gasteiger partial charge in [-0.3, -0.25) is 4.79 Å². The zero-order chi connectivity index (χ0) is 18.4. The molecule has 3 nitrogen and oxygen atoms in total. The molecule has 0 saturated carbocycles. The molecule has 6 heteroatoms. The van der Waals surface area contributed by atoms with Crippen LogP contribution < -0.4 is 4.80 Å². The van der Waals surface area contributed by atoms with Crippen LogP contribution in [-0.4, -0.2) is 22.5 Å². The van der Waals surface area contributed by atoms with Gasteiger partial charge in [0, 0.05) is 17.2 Å². The number of aryl methyl sites for hydroxylation is 1. The van der Waals surface area contributed by atoms with Crippen LogP contribution in [0.15, 0.2) is 58.4 Å². The van der Waals surface area contributed by atoms with Crippen LogP contribution in [0.5, 0.6) is 0 Å². The third kappa shape index (κ3) is 4.81. The first-order chi connectivity index (χ1) is 12.7. The minimum absolute atomic E-state index is 0.0626. The predicted molar refractivity (Wildman–Crippen MR) is 115 cm³/mol. The van der Waals surface area contributed by atoms with E-state index in [1.807, 2.05) is 18.2 Å². The molecule has 0 aliphatic carbocycles. The number of nitrogens with zero attached hydrogens (tertiary/aromatic N) is 2. The van der Waals surface area contributed by atoms with Crippen LogP contribution in [0.2, 0.25) is 0 Å². The Morgan fingerprint density at radius 1 is 1.19 bits per heavy atom. The van der Waals surface area contributed by atoms with Gasteiger partial charge in [-0.1, -0.05) is 48.6 Å². The number of thioether (sulfide) groups is 2. The second-order valence-electron chi connectivity index (χ2n) is 5.85. The van der Waals surface area contributed by atoms with Gasteiger partial charge in [0.15, 0.2) is 4.80 Å². The molecular formula is C20H22N2OS3. The molecule has 0 fully saturated rings. The lowest BCUT2D eigenvalue weighted by Gasteiger charge is -2.03. The molecule has 1 amide bonds. The van der Waals surface area contributed by atoms with Gasteiger partial charge in [0.05, 0.1) is 16.0 Å². The highest BCUT2D eigenvalue weighted by Gasteiger charge is 2.08. The smallest absolute Gasteiger partial charge is 0.258 e. The van der Waals surface area contributed by atoms with Gasteiger partial charge in [-0.15, -0.1) is 23.5 Å². The highest BCUT2D eigenvalue weighted by molar-refractivity contribution is 7.99. The number of thiazole rings is 1. The molecule has 0 unspecified atom stereocenters. The maximum atomic E-state index is 12.4. The summed E-state index contributed by atoms with van der Waals surface area (Å²) in [6.07, 6.45) is 3.09. The Morgan fingerprint density at radius 2 is 2.00 bits per heavy atom. The number of amides is 1. The Bertz CT molecular complexity index is 945. The third-order valence-electron chi connectivity index (χ3n) is 3.89. The molecule has 26 heavy (non-hydrogen) atoms. The first-order valence-electron chi connectivity index (χ1n) is 8.58. The quantitative estimate of drug-likeness (QED) is 0.510. The molecular weight excluding hydrogens is 380 g/mol.